The minimum Gasteiger partial charge on any atom is -0.399 e. The van der Waals surface area contributed by atoms with E-state index >= 15 is 0 Å². The Labute approximate surface area is 135 Å². The molecule has 1 aliphatic heterocycles. The highest BCUT2D eigenvalue weighted by atomic mass is 19.1. The molecule has 2 aromatic rings. The minimum absolute atomic E-state index is 0.213. The van der Waals surface area contributed by atoms with Crippen LogP contribution in [0.2, 0.25) is 0 Å². The van der Waals surface area contributed by atoms with E-state index in [9.17, 15) is 9.18 Å². The maximum Gasteiger partial charge on any atom is 0.497 e. The Kier molecular flexibility index (Phi) is 3.69. The van der Waals surface area contributed by atoms with Crippen molar-refractivity contribution in [3.8, 4) is 5.69 Å². The van der Waals surface area contributed by atoms with Crippen LogP contribution in [0.1, 0.15) is 27.7 Å². The molecule has 23 heavy (non-hydrogen) atoms. The van der Waals surface area contributed by atoms with Crippen molar-refractivity contribution in [2.75, 3.05) is 0 Å². The first-order valence-corrected chi connectivity index (χ1v) is 7.54. The average molecular weight is 315 g/mol. The molecule has 0 saturated carbocycles. The second kappa shape index (κ2) is 5.32. The van der Waals surface area contributed by atoms with Crippen LogP contribution in [0.25, 0.3) is 5.69 Å². The van der Waals surface area contributed by atoms with Crippen molar-refractivity contribution in [3.63, 3.8) is 0 Å². The third-order valence-electron chi connectivity index (χ3n) is 4.59. The van der Waals surface area contributed by atoms with Crippen LogP contribution >= 0.6 is 0 Å². The largest absolute Gasteiger partial charge is 0.497 e. The van der Waals surface area contributed by atoms with E-state index in [1.165, 1.54) is 16.7 Å². The SMILES string of the molecule is CC1(C)OB(c2ccc(-n3ccccc3=O)cc2F)OC1(C)C. The first-order chi connectivity index (χ1) is 10.7. The third-order valence-corrected chi connectivity index (χ3v) is 4.59. The fourth-order valence-electron chi connectivity index (χ4n) is 2.47. The van der Waals surface area contributed by atoms with Crippen LogP contribution in [0.4, 0.5) is 4.39 Å². The first-order valence-electron chi connectivity index (χ1n) is 7.54. The van der Waals surface area contributed by atoms with Gasteiger partial charge in [0.05, 0.1) is 16.9 Å². The number of benzene rings is 1. The van der Waals surface area contributed by atoms with E-state index < -0.39 is 24.1 Å². The number of rotatable bonds is 2. The highest BCUT2D eigenvalue weighted by molar-refractivity contribution is 6.62. The number of hydrogen-bond acceptors (Lipinski definition) is 3. The van der Waals surface area contributed by atoms with Crippen molar-refractivity contribution >= 4 is 12.6 Å². The molecule has 0 radical (unpaired) electrons. The van der Waals surface area contributed by atoms with Crippen molar-refractivity contribution in [1.29, 1.82) is 0 Å². The lowest BCUT2D eigenvalue weighted by Gasteiger charge is -2.32. The van der Waals surface area contributed by atoms with Crippen LogP contribution < -0.4 is 11.0 Å². The van der Waals surface area contributed by atoms with Gasteiger partial charge in [-0.2, -0.15) is 0 Å². The van der Waals surface area contributed by atoms with Gasteiger partial charge < -0.3 is 9.31 Å². The van der Waals surface area contributed by atoms with Crippen LogP contribution in [0.5, 0.6) is 0 Å². The average Bonchev–Trinajstić information content (AvgIpc) is 2.67. The van der Waals surface area contributed by atoms with Crippen LogP contribution in [-0.2, 0) is 9.31 Å². The lowest BCUT2D eigenvalue weighted by atomic mass is 9.78. The van der Waals surface area contributed by atoms with Gasteiger partial charge in [0.1, 0.15) is 5.82 Å². The fraction of sp³-hybridized carbons (Fsp3) is 0.353. The Balaban J connectivity index is 1.96. The Morgan fingerprint density at radius 3 is 2.26 bits per heavy atom. The summed E-state index contributed by atoms with van der Waals surface area (Å²) in [7, 11) is -0.762. The van der Waals surface area contributed by atoms with Gasteiger partial charge in [0, 0.05) is 17.7 Å². The van der Waals surface area contributed by atoms with E-state index in [4.69, 9.17) is 9.31 Å². The van der Waals surface area contributed by atoms with Crippen molar-refractivity contribution < 1.29 is 13.7 Å². The summed E-state index contributed by atoms with van der Waals surface area (Å²) in [5, 5.41) is 0. The monoisotopic (exact) mass is 315 g/mol. The molecule has 120 valence electrons. The van der Waals surface area contributed by atoms with Gasteiger partial charge >= 0.3 is 7.12 Å². The first kappa shape index (κ1) is 16.0. The van der Waals surface area contributed by atoms with E-state index in [-0.39, 0.29) is 5.56 Å². The molecule has 0 spiro atoms. The standard InChI is InChI=1S/C17H19BFNO3/c1-16(2)17(3,4)23-18(22-16)13-9-8-12(11-14(13)19)20-10-6-5-7-15(20)21/h5-11H,1-4H3. The van der Waals surface area contributed by atoms with E-state index in [1.807, 2.05) is 27.7 Å². The molecule has 2 heterocycles. The van der Waals surface area contributed by atoms with Gasteiger partial charge in [0.25, 0.3) is 5.56 Å². The zero-order chi connectivity index (χ0) is 16.8. The zero-order valence-electron chi connectivity index (χ0n) is 13.7. The maximum absolute atomic E-state index is 14.5. The second-order valence-electron chi connectivity index (χ2n) is 6.70. The van der Waals surface area contributed by atoms with Crippen LogP contribution in [-0.4, -0.2) is 22.9 Å². The van der Waals surface area contributed by atoms with E-state index in [1.54, 1.807) is 30.5 Å². The molecule has 1 aromatic heterocycles. The number of pyridine rings is 1. The molecule has 6 heteroatoms. The molecule has 1 aliphatic rings. The third kappa shape index (κ3) is 2.73. The fourth-order valence-corrected chi connectivity index (χ4v) is 2.47. The molecule has 4 nitrogen and oxygen atoms in total. The smallest absolute Gasteiger partial charge is 0.399 e. The Hall–Kier alpha value is -1.92. The summed E-state index contributed by atoms with van der Waals surface area (Å²) >= 11 is 0. The molecular weight excluding hydrogens is 296 g/mol. The Bertz CT molecular complexity index is 784. The van der Waals surface area contributed by atoms with Crippen LogP contribution in [0.3, 0.4) is 0 Å². The molecule has 3 rings (SSSR count). The highest BCUT2D eigenvalue weighted by Gasteiger charge is 2.52. The van der Waals surface area contributed by atoms with Crippen LogP contribution in [0.15, 0.2) is 47.4 Å². The molecule has 0 atom stereocenters. The summed E-state index contributed by atoms with van der Waals surface area (Å²) in [6.45, 7) is 7.68. The van der Waals surface area contributed by atoms with Gasteiger partial charge in [-0.05, 0) is 45.9 Å². The summed E-state index contributed by atoms with van der Waals surface area (Å²) in [5.74, 6) is -0.461. The number of halogens is 1. The van der Waals surface area contributed by atoms with Crippen LogP contribution in [0, 0.1) is 5.82 Å². The summed E-state index contributed by atoms with van der Waals surface area (Å²) < 4.78 is 27.7. The van der Waals surface area contributed by atoms with Crippen molar-refractivity contribution in [1.82, 2.24) is 4.57 Å². The topological polar surface area (TPSA) is 40.5 Å². The lowest BCUT2D eigenvalue weighted by Crippen LogP contribution is -2.41. The molecular formula is C17H19BFNO3. The van der Waals surface area contributed by atoms with E-state index in [0.29, 0.717) is 11.2 Å². The number of hydrogen-bond donors (Lipinski definition) is 0. The molecule has 1 saturated heterocycles. The predicted molar refractivity (Wildman–Crippen MR) is 87.7 cm³/mol. The molecule has 0 bridgehead atoms. The molecule has 0 aliphatic carbocycles. The summed E-state index contributed by atoms with van der Waals surface area (Å²) in [4.78, 5) is 11.8. The quantitative estimate of drug-likeness (QED) is 0.798. The number of aromatic nitrogens is 1. The molecule has 1 fully saturated rings. The second-order valence-corrected chi connectivity index (χ2v) is 6.70. The van der Waals surface area contributed by atoms with Crippen molar-refractivity contribution in [3.05, 3.63) is 58.8 Å². The maximum atomic E-state index is 14.5. The van der Waals surface area contributed by atoms with Gasteiger partial charge in [-0.15, -0.1) is 0 Å². The Morgan fingerprint density at radius 1 is 1.04 bits per heavy atom. The van der Waals surface area contributed by atoms with Gasteiger partial charge in [0.15, 0.2) is 0 Å². The highest BCUT2D eigenvalue weighted by Crippen LogP contribution is 2.36. The van der Waals surface area contributed by atoms with E-state index in [0.717, 1.165) is 0 Å². The van der Waals surface area contributed by atoms with Gasteiger partial charge in [0.2, 0.25) is 0 Å². The summed E-state index contributed by atoms with van der Waals surface area (Å²) in [6, 6.07) is 9.41. The lowest BCUT2D eigenvalue weighted by molar-refractivity contribution is 0.00578. The van der Waals surface area contributed by atoms with Crippen molar-refractivity contribution in [2.45, 2.75) is 38.9 Å². The summed E-state index contributed by atoms with van der Waals surface area (Å²) in [5.41, 5.74) is -0.474. The molecule has 0 amide bonds. The Morgan fingerprint density at radius 2 is 1.70 bits per heavy atom. The molecule has 0 N–H and O–H groups in total. The normalized spacial score (nSPS) is 19.1. The molecule has 0 unspecified atom stereocenters. The van der Waals surface area contributed by atoms with Gasteiger partial charge in [-0.25, -0.2) is 4.39 Å². The molecule has 1 aromatic carbocycles. The predicted octanol–water partition coefficient (Wildman–Crippen LogP) is 2.28. The summed E-state index contributed by atoms with van der Waals surface area (Å²) in [6.07, 6.45) is 1.60. The minimum atomic E-state index is -0.762. The number of nitrogens with zero attached hydrogens (tertiary/aromatic N) is 1. The van der Waals surface area contributed by atoms with Gasteiger partial charge in [-0.3, -0.25) is 9.36 Å². The van der Waals surface area contributed by atoms with E-state index in [2.05, 4.69) is 0 Å². The van der Waals surface area contributed by atoms with Crippen molar-refractivity contribution in [2.24, 2.45) is 0 Å². The van der Waals surface area contributed by atoms with Gasteiger partial charge in [-0.1, -0.05) is 12.1 Å². The zero-order valence-corrected chi connectivity index (χ0v) is 13.7.